The lowest BCUT2D eigenvalue weighted by atomic mass is 10.1. The Balaban J connectivity index is 4.86. The molecule has 0 aromatic heterocycles. The van der Waals surface area contributed by atoms with Crippen molar-refractivity contribution in [3.8, 4) is 0 Å². The van der Waals surface area contributed by atoms with Gasteiger partial charge in [0.05, 0.1) is 12.1 Å². The van der Waals surface area contributed by atoms with Crippen LogP contribution in [0.25, 0.3) is 0 Å². The molecule has 0 aromatic carbocycles. The molecule has 0 rings (SSSR count). The topological polar surface area (TPSA) is 60.2 Å². The maximum absolute atomic E-state index is 11.9. The van der Waals surface area contributed by atoms with E-state index in [1.807, 2.05) is 0 Å². The number of carbonyl (C=O) groups is 2. The van der Waals surface area contributed by atoms with Crippen LogP contribution in [0.4, 0.5) is 13.2 Å². The lowest BCUT2D eigenvalue weighted by Crippen LogP contribution is -2.18. The van der Waals surface area contributed by atoms with E-state index >= 15 is 0 Å². The molecule has 0 aliphatic carbocycles. The summed E-state index contributed by atoms with van der Waals surface area (Å²) in [4.78, 5) is 21.1. The molecular weight excluding hydrogens is 199 g/mol. The van der Waals surface area contributed by atoms with Crippen molar-refractivity contribution < 1.29 is 22.8 Å². The molecule has 0 radical (unpaired) electrons. The van der Waals surface area contributed by atoms with Crippen molar-refractivity contribution in [1.29, 1.82) is 0 Å². The van der Waals surface area contributed by atoms with E-state index in [-0.39, 0.29) is 12.7 Å². The van der Waals surface area contributed by atoms with Gasteiger partial charge >= 0.3 is 6.18 Å². The molecule has 0 amide bonds. The first kappa shape index (κ1) is 12.7. The molecular formula is C8H10F3NO2. The molecule has 0 aliphatic heterocycles. The molecule has 0 heterocycles. The number of carbonyl (C=O) groups excluding carboxylic acids is 2. The number of aldehydes is 1. The fraction of sp³-hybridized carbons (Fsp3) is 0.500. The van der Waals surface area contributed by atoms with Crippen molar-refractivity contribution in [2.45, 2.75) is 25.9 Å². The van der Waals surface area contributed by atoms with Crippen LogP contribution >= 0.6 is 0 Å². The highest BCUT2D eigenvalue weighted by Gasteiger charge is 2.30. The predicted octanol–water partition coefficient (Wildman–Crippen LogP) is 1.33. The first-order valence-corrected chi connectivity index (χ1v) is 3.85. The summed E-state index contributed by atoms with van der Waals surface area (Å²) >= 11 is 0. The van der Waals surface area contributed by atoms with Crippen LogP contribution in [0.2, 0.25) is 0 Å². The van der Waals surface area contributed by atoms with E-state index in [4.69, 9.17) is 5.73 Å². The van der Waals surface area contributed by atoms with Gasteiger partial charge in [0.1, 0.15) is 6.29 Å². The average Bonchev–Trinajstić information content (AvgIpc) is 2.10. The molecule has 3 nitrogen and oxygen atoms in total. The smallest absolute Gasteiger partial charge is 0.393 e. The van der Waals surface area contributed by atoms with Crippen LogP contribution in [0, 0.1) is 0 Å². The predicted molar refractivity (Wildman–Crippen MR) is 43.2 cm³/mol. The molecule has 6 heteroatoms. The number of halogens is 3. The molecule has 2 N–H and O–H groups in total. The normalized spacial score (nSPS) is 13.4. The van der Waals surface area contributed by atoms with Crippen LogP contribution < -0.4 is 5.73 Å². The summed E-state index contributed by atoms with van der Waals surface area (Å²) in [6, 6.07) is 0. The van der Waals surface area contributed by atoms with Crippen molar-refractivity contribution >= 4 is 12.1 Å². The third kappa shape index (κ3) is 4.06. The molecule has 14 heavy (non-hydrogen) atoms. The van der Waals surface area contributed by atoms with Gasteiger partial charge in [0.15, 0.2) is 5.78 Å². The lowest BCUT2D eigenvalue weighted by molar-refractivity contribution is -0.131. The molecule has 0 aromatic rings. The third-order valence-electron chi connectivity index (χ3n) is 1.50. The van der Waals surface area contributed by atoms with Gasteiger partial charge in [-0.15, -0.1) is 0 Å². The number of alkyl halides is 3. The largest absolute Gasteiger partial charge is 0.396 e. The van der Waals surface area contributed by atoms with E-state index in [1.165, 1.54) is 6.92 Å². The van der Waals surface area contributed by atoms with E-state index < -0.39 is 29.7 Å². The standard InChI is InChI=1S/C8H10F3NO2/c1-2-6(14)7(12)5(4-13)3-8(9,10)11/h4H,2-3,12H2,1H3/b7-5-. The Hall–Kier alpha value is -1.33. The van der Waals surface area contributed by atoms with Gasteiger partial charge in [0.25, 0.3) is 0 Å². The molecule has 0 spiro atoms. The Morgan fingerprint density at radius 3 is 2.21 bits per heavy atom. The summed E-state index contributed by atoms with van der Waals surface area (Å²) in [5, 5.41) is 0. The number of nitrogens with two attached hydrogens (primary N) is 1. The maximum atomic E-state index is 11.9. The Kier molecular flexibility index (Phi) is 4.33. The van der Waals surface area contributed by atoms with Crippen LogP contribution in [-0.4, -0.2) is 18.2 Å². The fourth-order valence-electron chi connectivity index (χ4n) is 0.786. The zero-order chi connectivity index (χ0) is 11.4. The molecule has 0 atom stereocenters. The first-order chi connectivity index (χ1) is 6.31. The van der Waals surface area contributed by atoms with Crippen molar-refractivity contribution in [3.63, 3.8) is 0 Å². The van der Waals surface area contributed by atoms with Gasteiger partial charge < -0.3 is 5.73 Å². The van der Waals surface area contributed by atoms with Gasteiger partial charge in [0.2, 0.25) is 0 Å². The summed E-state index contributed by atoms with van der Waals surface area (Å²) in [6.45, 7) is 1.45. The maximum Gasteiger partial charge on any atom is 0.393 e. The number of hydrogen-bond donors (Lipinski definition) is 1. The van der Waals surface area contributed by atoms with Crippen molar-refractivity contribution in [3.05, 3.63) is 11.3 Å². The highest BCUT2D eigenvalue weighted by molar-refractivity contribution is 5.99. The number of allylic oxidation sites excluding steroid dienone is 2. The van der Waals surface area contributed by atoms with E-state index in [2.05, 4.69) is 0 Å². The molecule has 0 saturated heterocycles. The number of ketones is 1. The third-order valence-corrected chi connectivity index (χ3v) is 1.50. The van der Waals surface area contributed by atoms with Crippen LogP contribution in [-0.2, 0) is 9.59 Å². The van der Waals surface area contributed by atoms with Gasteiger partial charge in [-0.2, -0.15) is 13.2 Å². The van der Waals surface area contributed by atoms with Gasteiger partial charge in [0, 0.05) is 12.0 Å². The van der Waals surface area contributed by atoms with Crippen molar-refractivity contribution in [2.24, 2.45) is 5.73 Å². The van der Waals surface area contributed by atoms with Crippen molar-refractivity contribution in [2.75, 3.05) is 0 Å². The SMILES string of the molecule is CCC(=O)/C(N)=C(/C=O)CC(F)(F)F. The molecule has 0 aliphatic rings. The van der Waals surface area contributed by atoms with Gasteiger partial charge in [-0.25, -0.2) is 0 Å². The lowest BCUT2D eigenvalue weighted by Gasteiger charge is -2.07. The second kappa shape index (κ2) is 4.78. The van der Waals surface area contributed by atoms with Gasteiger partial charge in [-0.1, -0.05) is 6.92 Å². The van der Waals surface area contributed by atoms with E-state index in [1.54, 1.807) is 0 Å². The second-order valence-electron chi connectivity index (χ2n) is 2.63. The van der Waals surface area contributed by atoms with Gasteiger partial charge in [-0.3, -0.25) is 9.59 Å². The summed E-state index contributed by atoms with van der Waals surface area (Å²) in [5.41, 5.74) is 3.79. The Labute approximate surface area is 78.8 Å². The van der Waals surface area contributed by atoms with Crippen LogP contribution in [0.5, 0.6) is 0 Å². The molecule has 0 unspecified atom stereocenters. The van der Waals surface area contributed by atoms with E-state index in [9.17, 15) is 22.8 Å². The highest BCUT2D eigenvalue weighted by atomic mass is 19.4. The molecule has 0 bridgehead atoms. The second-order valence-corrected chi connectivity index (χ2v) is 2.63. The Morgan fingerprint density at radius 2 is 1.93 bits per heavy atom. The van der Waals surface area contributed by atoms with Crippen LogP contribution in [0.15, 0.2) is 11.3 Å². The van der Waals surface area contributed by atoms with Crippen LogP contribution in [0.1, 0.15) is 19.8 Å². The number of hydrogen-bond acceptors (Lipinski definition) is 3. The summed E-state index contributed by atoms with van der Waals surface area (Å²) in [6.07, 6.45) is -6.06. The van der Waals surface area contributed by atoms with E-state index in [0.29, 0.717) is 0 Å². The highest BCUT2D eigenvalue weighted by Crippen LogP contribution is 2.24. The Morgan fingerprint density at radius 1 is 1.43 bits per heavy atom. The minimum absolute atomic E-state index is 0.0268. The quantitative estimate of drug-likeness (QED) is 0.561. The zero-order valence-electron chi connectivity index (χ0n) is 7.52. The van der Waals surface area contributed by atoms with Crippen LogP contribution in [0.3, 0.4) is 0 Å². The molecule has 0 saturated carbocycles. The minimum atomic E-state index is -4.53. The number of Topliss-reactive ketones (excluding diaryl/α,β-unsaturated/α-hetero) is 1. The van der Waals surface area contributed by atoms with Crippen molar-refractivity contribution in [1.82, 2.24) is 0 Å². The zero-order valence-corrected chi connectivity index (χ0v) is 7.52. The number of rotatable bonds is 4. The summed E-state index contributed by atoms with van der Waals surface area (Å²) < 4.78 is 35.6. The Bertz CT molecular complexity index is 268. The van der Waals surface area contributed by atoms with E-state index in [0.717, 1.165) is 0 Å². The minimum Gasteiger partial charge on any atom is -0.396 e. The van der Waals surface area contributed by atoms with Gasteiger partial charge in [-0.05, 0) is 0 Å². The molecule has 80 valence electrons. The monoisotopic (exact) mass is 209 g/mol. The average molecular weight is 209 g/mol. The molecule has 0 fully saturated rings. The summed E-state index contributed by atoms with van der Waals surface area (Å²) in [7, 11) is 0. The summed E-state index contributed by atoms with van der Waals surface area (Å²) in [5.74, 6) is -0.656. The first-order valence-electron chi connectivity index (χ1n) is 3.85. The fourth-order valence-corrected chi connectivity index (χ4v) is 0.786.